The lowest BCUT2D eigenvalue weighted by Gasteiger charge is -2.43. The maximum Gasteiger partial charge on any atom is 0.321 e. The Morgan fingerprint density at radius 2 is 1.76 bits per heavy atom. The first-order chi connectivity index (χ1) is 8.25. The molecule has 1 N–H and O–H groups in total. The summed E-state index contributed by atoms with van der Waals surface area (Å²) in [6.45, 7) is 2.08. The molecular formula is C14H23NO2. The van der Waals surface area contributed by atoms with Crippen molar-refractivity contribution in [2.24, 2.45) is 17.8 Å². The number of carboxylic acids is 1. The van der Waals surface area contributed by atoms with Gasteiger partial charge in [-0.1, -0.05) is 19.3 Å². The molecule has 3 heteroatoms. The normalized spacial score (nSPS) is 36.2. The summed E-state index contributed by atoms with van der Waals surface area (Å²) >= 11 is 0. The van der Waals surface area contributed by atoms with Crippen LogP contribution in [0.5, 0.6) is 0 Å². The highest BCUT2D eigenvalue weighted by Crippen LogP contribution is 2.41. The zero-order valence-corrected chi connectivity index (χ0v) is 10.5. The lowest BCUT2D eigenvalue weighted by Crippen LogP contribution is -2.50. The van der Waals surface area contributed by atoms with E-state index in [1.165, 1.54) is 32.1 Å². The maximum absolute atomic E-state index is 11.4. The van der Waals surface area contributed by atoms with Crippen LogP contribution >= 0.6 is 0 Å². The Kier molecular flexibility index (Phi) is 3.12. The Labute approximate surface area is 103 Å². The first-order valence-corrected chi connectivity index (χ1v) is 7.22. The topological polar surface area (TPSA) is 40.5 Å². The summed E-state index contributed by atoms with van der Waals surface area (Å²) in [4.78, 5) is 13.7. The lowest BCUT2D eigenvalue weighted by atomic mass is 9.74. The molecule has 96 valence electrons. The van der Waals surface area contributed by atoms with Gasteiger partial charge in [0, 0.05) is 6.54 Å². The third-order valence-corrected chi connectivity index (χ3v) is 5.04. The second-order valence-corrected chi connectivity index (χ2v) is 6.21. The monoisotopic (exact) mass is 237 g/mol. The van der Waals surface area contributed by atoms with E-state index in [2.05, 4.69) is 4.90 Å². The number of hydrogen-bond donors (Lipinski definition) is 1. The van der Waals surface area contributed by atoms with Crippen molar-refractivity contribution in [3.63, 3.8) is 0 Å². The Balaban J connectivity index is 1.65. The standard InChI is InChI=1S/C14H23NO2/c16-14(17)13(11-5-6-11)15-8-7-10-3-1-2-4-12(10)9-15/h10-13H,1-9H2,(H,16,17). The molecule has 0 aromatic heterocycles. The molecule has 2 aliphatic carbocycles. The summed E-state index contributed by atoms with van der Waals surface area (Å²) < 4.78 is 0. The van der Waals surface area contributed by atoms with Gasteiger partial charge in [-0.2, -0.15) is 0 Å². The van der Waals surface area contributed by atoms with E-state index in [0.717, 1.165) is 37.8 Å². The number of carbonyl (C=O) groups is 1. The Bertz CT molecular complexity index is 301. The predicted octanol–water partition coefficient (Wildman–Crippen LogP) is 2.36. The Hall–Kier alpha value is -0.570. The largest absolute Gasteiger partial charge is 0.480 e. The number of hydrogen-bond acceptors (Lipinski definition) is 2. The van der Waals surface area contributed by atoms with Gasteiger partial charge in [0.1, 0.15) is 6.04 Å². The molecule has 1 heterocycles. The van der Waals surface area contributed by atoms with E-state index in [1.807, 2.05) is 0 Å². The van der Waals surface area contributed by atoms with E-state index in [4.69, 9.17) is 0 Å². The van der Waals surface area contributed by atoms with E-state index >= 15 is 0 Å². The SMILES string of the molecule is O=C(O)C(C1CC1)N1CCC2CCCCC2C1. The molecule has 3 atom stereocenters. The van der Waals surface area contributed by atoms with Gasteiger partial charge in [-0.15, -0.1) is 0 Å². The van der Waals surface area contributed by atoms with Crippen molar-refractivity contribution in [1.82, 2.24) is 4.90 Å². The molecule has 0 spiro atoms. The molecule has 2 saturated carbocycles. The maximum atomic E-state index is 11.4. The van der Waals surface area contributed by atoms with Crippen LogP contribution in [0.1, 0.15) is 44.9 Å². The molecule has 3 nitrogen and oxygen atoms in total. The van der Waals surface area contributed by atoms with Gasteiger partial charge in [-0.3, -0.25) is 9.69 Å². The molecule has 0 aromatic rings. The summed E-state index contributed by atoms with van der Waals surface area (Å²) in [5.74, 6) is 1.56. The zero-order valence-electron chi connectivity index (χ0n) is 10.5. The van der Waals surface area contributed by atoms with Crippen molar-refractivity contribution in [2.75, 3.05) is 13.1 Å². The highest BCUT2D eigenvalue weighted by Gasteiger charge is 2.43. The molecule has 1 saturated heterocycles. The molecule has 3 unspecified atom stereocenters. The van der Waals surface area contributed by atoms with Crippen LogP contribution in [0.15, 0.2) is 0 Å². The number of carboxylic acid groups (broad SMARTS) is 1. The van der Waals surface area contributed by atoms with Crippen LogP contribution in [0.4, 0.5) is 0 Å². The molecule has 3 rings (SSSR count). The molecule has 0 amide bonds. The van der Waals surface area contributed by atoms with Crippen molar-refractivity contribution < 1.29 is 9.90 Å². The summed E-state index contributed by atoms with van der Waals surface area (Å²) in [5.41, 5.74) is 0. The van der Waals surface area contributed by atoms with E-state index in [0.29, 0.717) is 5.92 Å². The van der Waals surface area contributed by atoms with Gasteiger partial charge in [-0.05, 0) is 50.0 Å². The highest BCUT2D eigenvalue weighted by molar-refractivity contribution is 5.74. The molecule has 0 radical (unpaired) electrons. The van der Waals surface area contributed by atoms with Crippen LogP contribution < -0.4 is 0 Å². The number of fused-ring (bicyclic) bond motifs is 1. The summed E-state index contributed by atoms with van der Waals surface area (Å²) in [5, 5.41) is 9.39. The van der Waals surface area contributed by atoms with E-state index in [9.17, 15) is 9.90 Å². The second kappa shape index (κ2) is 4.60. The van der Waals surface area contributed by atoms with Crippen LogP contribution in [0, 0.1) is 17.8 Å². The lowest BCUT2D eigenvalue weighted by molar-refractivity contribution is -0.145. The van der Waals surface area contributed by atoms with Crippen molar-refractivity contribution in [2.45, 2.75) is 51.0 Å². The Morgan fingerprint density at radius 1 is 1.06 bits per heavy atom. The zero-order chi connectivity index (χ0) is 11.8. The Morgan fingerprint density at radius 3 is 2.41 bits per heavy atom. The van der Waals surface area contributed by atoms with Crippen LogP contribution in [0.3, 0.4) is 0 Å². The average Bonchev–Trinajstić information content (AvgIpc) is 3.13. The van der Waals surface area contributed by atoms with Crippen LogP contribution in [-0.2, 0) is 4.79 Å². The van der Waals surface area contributed by atoms with Crippen molar-refractivity contribution in [1.29, 1.82) is 0 Å². The first-order valence-electron chi connectivity index (χ1n) is 7.22. The molecule has 0 bridgehead atoms. The fourth-order valence-electron chi connectivity index (χ4n) is 3.95. The first kappa shape index (κ1) is 11.5. The number of piperidine rings is 1. The minimum Gasteiger partial charge on any atom is -0.480 e. The van der Waals surface area contributed by atoms with Gasteiger partial charge in [0.2, 0.25) is 0 Å². The number of nitrogens with zero attached hydrogens (tertiary/aromatic N) is 1. The van der Waals surface area contributed by atoms with E-state index in [-0.39, 0.29) is 6.04 Å². The third kappa shape index (κ3) is 2.35. The highest BCUT2D eigenvalue weighted by atomic mass is 16.4. The van der Waals surface area contributed by atoms with E-state index in [1.54, 1.807) is 0 Å². The second-order valence-electron chi connectivity index (χ2n) is 6.21. The fourth-order valence-corrected chi connectivity index (χ4v) is 3.95. The van der Waals surface area contributed by atoms with Gasteiger partial charge in [0.25, 0.3) is 0 Å². The minimum absolute atomic E-state index is 0.169. The number of rotatable bonds is 3. The number of likely N-dealkylation sites (tertiary alicyclic amines) is 1. The van der Waals surface area contributed by atoms with Gasteiger partial charge in [-0.25, -0.2) is 0 Å². The average molecular weight is 237 g/mol. The van der Waals surface area contributed by atoms with Crippen LogP contribution in [-0.4, -0.2) is 35.1 Å². The molecule has 3 fully saturated rings. The minimum atomic E-state index is -0.582. The predicted molar refractivity (Wildman–Crippen MR) is 65.8 cm³/mol. The van der Waals surface area contributed by atoms with Gasteiger partial charge in [0.05, 0.1) is 0 Å². The van der Waals surface area contributed by atoms with Crippen molar-refractivity contribution in [3.8, 4) is 0 Å². The van der Waals surface area contributed by atoms with Crippen LogP contribution in [0.25, 0.3) is 0 Å². The molecule has 0 aromatic carbocycles. The van der Waals surface area contributed by atoms with Gasteiger partial charge >= 0.3 is 5.97 Å². The molecule has 1 aliphatic heterocycles. The van der Waals surface area contributed by atoms with Gasteiger partial charge in [0.15, 0.2) is 0 Å². The van der Waals surface area contributed by atoms with Crippen molar-refractivity contribution >= 4 is 5.97 Å². The summed E-state index contributed by atoms with van der Waals surface area (Å²) in [7, 11) is 0. The van der Waals surface area contributed by atoms with Crippen LogP contribution in [0.2, 0.25) is 0 Å². The smallest absolute Gasteiger partial charge is 0.321 e. The summed E-state index contributed by atoms with van der Waals surface area (Å²) in [6, 6.07) is -0.169. The van der Waals surface area contributed by atoms with Crippen molar-refractivity contribution in [3.05, 3.63) is 0 Å². The quantitative estimate of drug-likeness (QED) is 0.819. The summed E-state index contributed by atoms with van der Waals surface area (Å²) in [6.07, 6.45) is 8.96. The number of aliphatic carboxylic acids is 1. The fraction of sp³-hybridized carbons (Fsp3) is 0.929. The molecule has 17 heavy (non-hydrogen) atoms. The molecule has 3 aliphatic rings. The molecular weight excluding hydrogens is 214 g/mol. The van der Waals surface area contributed by atoms with Gasteiger partial charge < -0.3 is 5.11 Å². The van der Waals surface area contributed by atoms with E-state index < -0.39 is 5.97 Å². The third-order valence-electron chi connectivity index (χ3n) is 5.04.